The predicted octanol–water partition coefficient (Wildman–Crippen LogP) is 0.847. The third-order valence-electron chi connectivity index (χ3n) is 1.98. The number of hydrogen-bond donors (Lipinski definition) is 0. The standard InChI is InChI=1S/C9H8F2N4O2/c1-15-3-2-5(13-15)9-12-7(17-14-9)4-6(16)8(10)11/h2-3,8H,4H2,1H3. The van der Waals surface area contributed by atoms with Crippen LogP contribution in [0.1, 0.15) is 5.89 Å². The Morgan fingerprint density at radius 1 is 1.59 bits per heavy atom. The molecule has 0 aliphatic heterocycles. The lowest BCUT2D eigenvalue weighted by atomic mass is 10.3. The van der Waals surface area contributed by atoms with Crippen LogP contribution in [0.25, 0.3) is 11.5 Å². The highest BCUT2D eigenvalue weighted by Crippen LogP contribution is 2.13. The van der Waals surface area contributed by atoms with Gasteiger partial charge in [-0.05, 0) is 6.07 Å². The van der Waals surface area contributed by atoms with Crippen LogP contribution < -0.4 is 0 Å². The smallest absolute Gasteiger partial charge is 0.296 e. The zero-order valence-corrected chi connectivity index (χ0v) is 8.80. The molecule has 0 aliphatic rings. The van der Waals surface area contributed by atoms with Gasteiger partial charge in [-0.15, -0.1) is 0 Å². The van der Waals surface area contributed by atoms with E-state index in [1.165, 1.54) is 4.68 Å². The van der Waals surface area contributed by atoms with Gasteiger partial charge in [0.2, 0.25) is 17.5 Å². The van der Waals surface area contributed by atoms with Gasteiger partial charge in [-0.2, -0.15) is 10.1 Å². The van der Waals surface area contributed by atoms with E-state index in [2.05, 4.69) is 19.8 Å². The van der Waals surface area contributed by atoms with Crippen molar-refractivity contribution in [1.82, 2.24) is 19.9 Å². The third-order valence-corrected chi connectivity index (χ3v) is 1.98. The highest BCUT2D eigenvalue weighted by molar-refractivity contribution is 5.82. The SMILES string of the molecule is Cn1ccc(-c2noc(CC(=O)C(F)F)n2)n1. The first kappa shape index (κ1) is 11.4. The Bertz CT molecular complexity index is 535. The Labute approximate surface area is 94.2 Å². The van der Waals surface area contributed by atoms with Gasteiger partial charge in [0.15, 0.2) is 0 Å². The number of Topliss-reactive ketones (excluding diaryl/α,β-unsaturated/α-hetero) is 1. The molecule has 6 nitrogen and oxygen atoms in total. The molecule has 0 N–H and O–H groups in total. The van der Waals surface area contributed by atoms with Gasteiger partial charge in [-0.3, -0.25) is 9.48 Å². The number of halogens is 2. The first-order chi connectivity index (χ1) is 8.06. The van der Waals surface area contributed by atoms with E-state index in [0.29, 0.717) is 5.69 Å². The Morgan fingerprint density at radius 3 is 2.94 bits per heavy atom. The fourth-order valence-corrected chi connectivity index (χ4v) is 1.19. The van der Waals surface area contributed by atoms with Crippen molar-refractivity contribution >= 4 is 5.78 Å². The molecule has 0 spiro atoms. The summed E-state index contributed by atoms with van der Waals surface area (Å²) in [4.78, 5) is 14.6. The van der Waals surface area contributed by atoms with E-state index in [9.17, 15) is 13.6 Å². The van der Waals surface area contributed by atoms with E-state index in [4.69, 9.17) is 0 Å². The van der Waals surface area contributed by atoms with E-state index in [1.54, 1.807) is 19.3 Å². The molecule has 17 heavy (non-hydrogen) atoms. The largest absolute Gasteiger partial charge is 0.338 e. The molecule has 90 valence electrons. The second-order valence-corrected chi connectivity index (χ2v) is 3.33. The number of carbonyl (C=O) groups excluding carboxylic acids is 1. The molecule has 8 heteroatoms. The number of rotatable bonds is 4. The Balaban J connectivity index is 2.14. The fourth-order valence-electron chi connectivity index (χ4n) is 1.19. The molecular formula is C9H8F2N4O2. The van der Waals surface area contributed by atoms with Crippen molar-refractivity contribution in [2.75, 3.05) is 0 Å². The normalized spacial score (nSPS) is 11.1. The number of ketones is 1. The zero-order valence-electron chi connectivity index (χ0n) is 8.80. The number of aromatic nitrogens is 4. The van der Waals surface area contributed by atoms with E-state index < -0.39 is 18.6 Å². The van der Waals surface area contributed by atoms with E-state index in [-0.39, 0.29) is 11.7 Å². The molecule has 0 amide bonds. The lowest BCUT2D eigenvalue weighted by Crippen LogP contribution is -2.12. The second kappa shape index (κ2) is 4.40. The summed E-state index contributed by atoms with van der Waals surface area (Å²) in [7, 11) is 1.71. The molecule has 2 aromatic rings. The maximum atomic E-state index is 12.0. The van der Waals surface area contributed by atoms with Gasteiger partial charge in [0.1, 0.15) is 5.69 Å². The minimum Gasteiger partial charge on any atom is -0.338 e. The van der Waals surface area contributed by atoms with Crippen LogP contribution in [-0.2, 0) is 18.3 Å². The van der Waals surface area contributed by atoms with Crippen molar-refractivity contribution in [3.63, 3.8) is 0 Å². The Kier molecular flexibility index (Phi) is 2.94. The van der Waals surface area contributed by atoms with Gasteiger partial charge in [0.25, 0.3) is 6.43 Å². The Hall–Kier alpha value is -2.12. The molecule has 2 aromatic heterocycles. The summed E-state index contributed by atoms with van der Waals surface area (Å²) in [5.41, 5.74) is 0.451. The van der Waals surface area contributed by atoms with Crippen LogP contribution in [-0.4, -0.2) is 32.1 Å². The molecule has 0 atom stereocenters. The minimum atomic E-state index is -3.03. The van der Waals surface area contributed by atoms with Crippen molar-refractivity contribution in [2.24, 2.45) is 7.05 Å². The lowest BCUT2D eigenvalue weighted by molar-refractivity contribution is -0.129. The molecule has 0 fully saturated rings. The molecule has 0 saturated heterocycles. The van der Waals surface area contributed by atoms with Crippen LogP contribution in [0.2, 0.25) is 0 Å². The van der Waals surface area contributed by atoms with E-state index >= 15 is 0 Å². The first-order valence-corrected chi connectivity index (χ1v) is 4.69. The van der Waals surface area contributed by atoms with Crippen LogP contribution in [0.5, 0.6) is 0 Å². The second-order valence-electron chi connectivity index (χ2n) is 3.33. The summed E-state index contributed by atoms with van der Waals surface area (Å²) in [6.07, 6.45) is -1.92. The third kappa shape index (κ3) is 2.52. The fraction of sp³-hybridized carbons (Fsp3) is 0.333. The maximum absolute atomic E-state index is 12.0. The molecule has 0 aliphatic carbocycles. The molecule has 0 aromatic carbocycles. The van der Waals surface area contributed by atoms with Crippen LogP contribution in [0.4, 0.5) is 8.78 Å². The number of alkyl halides is 2. The van der Waals surface area contributed by atoms with Crippen molar-refractivity contribution in [3.8, 4) is 11.5 Å². The minimum absolute atomic E-state index is 0.143. The van der Waals surface area contributed by atoms with Crippen LogP contribution in [0.15, 0.2) is 16.8 Å². The van der Waals surface area contributed by atoms with Gasteiger partial charge in [-0.1, -0.05) is 5.16 Å². The molecular weight excluding hydrogens is 234 g/mol. The highest BCUT2D eigenvalue weighted by Gasteiger charge is 2.20. The van der Waals surface area contributed by atoms with Crippen molar-refractivity contribution < 1.29 is 18.1 Å². The monoisotopic (exact) mass is 242 g/mol. The number of aryl methyl sites for hydroxylation is 1. The number of hydrogen-bond acceptors (Lipinski definition) is 5. The maximum Gasteiger partial charge on any atom is 0.296 e. The van der Waals surface area contributed by atoms with Crippen LogP contribution >= 0.6 is 0 Å². The molecule has 0 saturated carbocycles. The summed E-state index contributed by atoms with van der Waals surface area (Å²) in [5.74, 6) is -1.22. The number of carbonyl (C=O) groups is 1. The van der Waals surface area contributed by atoms with Gasteiger partial charge in [-0.25, -0.2) is 8.78 Å². The van der Waals surface area contributed by atoms with Gasteiger partial charge in [0.05, 0.1) is 6.42 Å². The van der Waals surface area contributed by atoms with Gasteiger partial charge in [0, 0.05) is 13.2 Å². The molecule has 2 heterocycles. The predicted molar refractivity (Wildman–Crippen MR) is 51.2 cm³/mol. The highest BCUT2D eigenvalue weighted by atomic mass is 19.3. The van der Waals surface area contributed by atoms with Crippen molar-refractivity contribution in [2.45, 2.75) is 12.8 Å². The molecule has 0 bridgehead atoms. The Morgan fingerprint density at radius 2 is 2.35 bits per heavy atom. The van der Waals surface area contributed by atoms with Crippen molar-refractivity contribution in [1.29, 1.82) is 0 Å². The van der Waals surface area contributed by atoms with Gasteiger partial charge >= 0.3 is 0 Å². The average molecular weight is 242 g/mol. The average Bonchev–Trinajstić information content (AvgIpc) is 2.86. The molecule has 2 rings (SSSR count). The zero-order chi connectivity index (χ0) is 12.4. The van der Waals surface area contributed by atoms with Crippen molar-refractivity contribution in [3.05, 3.63) is 18.2 Å². The van der Waals surface area contributed by atoms with Crippen LogP contribution in [0, 0.1) is 0 Å². The summed E-state index contributed by atoms with van der Waals surface area (Å²) in [6, 6.07) is 1.64. The number of nitrogens with zero attached hydrogens (tertiary/aromatic N) is 4. The quantitative estimate of drug-likeness (QED) is 0.794. The van der Waals surface area contributed by atoms with E-state index in [1.807, 2.05) is 0 Å². The molecule has 0 radical (unpaired) electrons. The lowest BCUT2D eigenvalue weighted by Gasteiger charge is -1.92. The topological polar surface area (TPSA) is 73.8 Å². The first-order valence-electron chi connectivity index (χ1n) is 4.69. The summed E-state index contributed by atoms with van der Waals surface area (Å²) in [5, 5.41) is 7.56. The van der Waals surface area contributed by atoms with Crippen LogP contribution in [0.3, 0.4) is 0 Å². The summed E-state index contributed by atoms with van der Waals surface area (Å²) in [6.45, 7) is 0. The summed E-state index contributed by atoms with van der Waals surface area (Å²) < 4.78 is 30.2. The van der Waals surface area contributed by atoms with E-state index in [0.717, 1.165) is 0 Å². The summed E-state index contributed by atoms with van der Waals surface area (Å²) >= 11 is 0. The van der Waals surface area contributed by atoms with Gasteiger partial charge < -0.3 is 4.52 Å². The molecule has 0 unspecified atom stereocenters.